The molecule has 3 heteroatoms. The maximum absolute atomic E-state index is 11.3. The van der Waals surface area contributed by atoms with Crippen LogP contribution >= 0.6 is 0 Å². The number of rotatable bonds is 4. The molecule has 0 aromatic carbocycles. The van der Waals surface area contributed by atoms with Gasteiger partial charge in [-0.1, -0.05) is 13.8 Å². The average Bonchev–Trinajstić information content (AvgIpc) is 2.67. The van der Waals surface area contributed by atoms with E-state index in [9.17, 15) is 4.21 Å². The lowest BCUT2D eigenvalue weighted by Gasteiger charge is -2.11. The van der Waals surface area contributed by atoms with Crippen LogP contribution in [0.25, 0.3) is 0 Å². The van der Waals surface area contributed by atoms with Gasteiger partial charge in [-0.05, 0) is 18.8 Å². The number of nitrogens with two attached hydrogens (primary N) is 1. The van der Waals surface area contributed by atoms with Crippen LogP contribution < -0.4 is 5.73 Å². The second kappa shape index (κ2) is 3.68. The standard InChI is InChI=1S/C8H17NOS/c1-6(2)11(10)5-8(9)7-3-4-7/h6-8H,3-5,9H2,1-2H3. The summed E-state index contributed by atoms with van der Waals surface area (Å²) in [5, 5.41) is 0.264. The fourth-order valence-corrected chi connectivity index (χ4v) is 2.08. The molecule has 0 aliphatic heterocycles. The maximum atomic E-state index is 11.3. The van der Waals surface area contributed by atoms with Crippen LogP contribution in [0.4, 0.5) is 0 Å². The monoisotopic (exact) mass is 175 g/mol. The lowest BCUT2D eigenvalue weighted by atomic mass is 10.2. The highest BCUT2D eigenvalue weighted by molar-refractivity contribution is 7.85. The molecule has 2 N–H and O–H groups in total. The smallest absolute Gasteiger partial charge is 0.0391 e. The van der Waals surface area contributed by atoms with Gasteiger partial charge in [0.05, 0.1) is 0 Å². The first kappa shape index (κ1) is 9.20. The maximum Gasteiger partial charge on any atom is 0.0391 e. The number of hydrogen-bond acceptors (Lipinski definition) is 2. The molecule has 0 aromatic heterocycles. The van der Waals surface area contributed by atoms with E-state index < -0.39 is 10.8 Å². The zero-order valence-corrected chi connectivity index (χ0v) is 8.06. The minimum Gasteiger partial charge on any atom is -0.327 e. The molecule has 2 atom stereocenters. The summed E-state index contributed by atoms with van der Waals surface area (Å²) in [6, 6.07) is 0.193. The van der Waals surface area contributed by atoms with Crippen LogP contribution in [0.5, 0.6) is 0 Å². The molecular weight excluding hydrogens is 158 g/mol. The molecule has 2 unspecified atom stereocenters. The Balaban J connectivity index is 2.23. The van der Waals surface area contributed by atoms with Gasteiger partial charge in [0.15, 0.2) is 0 Å². The second-order valence-electron chi connectivity index (χ2n) is 3.60. The predicted molar refractivity (Wildman–Crippen MR) is 48.8 cm³/mol. The van der Waals surface area contributed by atoms with Gasteiger partial charge in [-0.15, -0.1) is 0 Å². The Hall–Kier alpha value is 0.110. The lowest BCUT2D eigenvalue weighted by Crippen LogP contribution is -2.31. The molecular formula is C8H17NOS. The van der Waals surface area contributed by atoms with Crippen molar-refractivity contribution in [1.82, 2.24) is 0 Å². The topological polar surface area (TPSA) is 43.1 Å². The van der Waals surface area contributed by atoms with Crippen molar-refractivity contribution >= 4 is 10.8 Å². The van der Waals surface area contributed by atoms with E-state index in [1.165, 1.54) is 12.8 Å². The van der Waals surface area contributed by atoms with Crippen LogP contribution in [0.3, 0.4) is 0 Å². The largest absolute Gasteiger partial charge is 0.327 e. The van der Waals surface area contributed by atoms with Gasteiger partial charge in [-0.3, -0.25) is 4.21 Å². The Labute approximate surface area is 71.0 Å². The van der Waals surface area contributed by atoms with Crippen LogP contribution in [0.2, 0.25) is 0 Å². The van der Waals surface area contributed by atoms with Crippen LogP contribution in [0.15, 0.2) is 0 Å². The van der Waals surface area contributed by atoms with Gasteiger partial charge in [0.25, 0.3) is 0 Å². The Kier molecular flexibility index (Phi) is 3.07. The quantitative estimate of drug-likeness (QED) is 0.689. The highest BCUT2D eigenvalue weighted by atomic mass is 32.2. The zero-order valence-electron chi connectivity index (χ0n) is 7.25. The molecule has 0 radical (unpaired) electrons. The first-order valence-electron chi connectivity index (χ1n) is 4.24. The third-order valence-corrected chi connectivity index (χ3v) is 3.88. The first-order chi connectivity index (χ1) is 5.11. The summed E-state index contributed by atoms with van der Waals surface area (Å²) in [6.45, 7) is 3.96. The normalized spacial score (nSPS) is 23.6. The van der Waals surface area contributed by atoms with Gasteiger partial charge < -0.3 is 5.73 Å². The Bertz CT molecular complexity index is 154. The van der Waals surface area contributed by atoms with Crippen molar-refractivity contribution in [3.63, 3.8) is 0 Å². The van der Waals surface area contributed by atoms with E-state index in [-0.39, 0.29) is 11.3 Å². The minimum absolute atomic E-state index is 0.193. The third-order valence-electron chi connectivity index (χ3n) is 2.11. The number of hydrogen-bond donors (Lipinski definition) is 1. The summed E-state index contributed by atoms with van der Waals surface area (Å²) in [6.07, 6.45) is 2.49. The second-order valence-corrected chi connectivity index (χ2v) is 5.64. The van der Waals surface area contributed by atoms with Crippen LogP contribution in [0.1, 0.15) is 26.7 Å². The molecule has 1 aliphatic carbocycles. The van der Waals surface area contributed by atoms with Gasteiger partial charge in [0.1, 0.15) is 0 Å². The van der Waals surface area contributed by atoms with Gasteiger partial charge >= 0.3 is 0 Å². The molecule has 0 heterocycles. The molecule has 1 fully saturated rings. The van der Waals surface area contributed by atoms with Crippen molar-refractivity contribution in [2.24, 2.45) is 11.7 Å². The Morgan fingerprint density at radius 2 is 2.09 bits per heavy atom. The summed E-state index contributed by atoms with van der Waals surface area (Å²) in [5.74, 6) is 1.38. The molecule has 2 nitrogen and oxygen atoms in total. The van der Waals surface area contributed by atoms with E-state index in [1.807, 2.05) is 13.8 Å². The summed E-state index contributed by atoms with van der Waals surface area (Å²) < 4.78 is 11.3. The predicted octanol–water partition coefficient (Wildman–Crippen LogP) is 0.881. The SMILES string of the molecule is CC(C)S(=O)CC(N)C1CC1. The van der Waals surface area contributed by atoms with Crippen molar-refractivity contribution in [2.45, 2.75) is 38.0 Å². The van der Waals surface area contributed by atoms with E-state index in [1.54, 1.807) is 0 Å². The van der Waals surface area contributed by atoms with E-state index in [0.717, 1.165) is 0 Å². The van der Waals surface area contributed by atoms with Crippen molar-refractivity contribution in [1.29, 1.82) is 0 Å². The van der Waals surface area contributed by atoms with Gasteiger partial charge in [0, 0.05) is 27.8 Å². The fourth-order valence-electron chi connectivity index (χ4n) is 1.04. The zero-order chi connectivity index (χ0) is 8.43. The van der Waals surface area contributed by atoms with Gasteiger partial charge in [-0.2, -0.15) is 0 Å². The van der Waals surface area contributed by atoms with Gasteiger partial charge in [-0.25, -0.2) is 0 Å². The molecule has 0 bridgehead atoms. The van der Waals surface area contributed by atoms with Crippen molar-refractivity contribution < 1.29 is 4.21 Å². The third kappa shape index (κ3) is 2.91. The molecule has 66 valence electrons. The van der Waals surface area contributed by atoms with E-state index in [4.69, 9.17) is 5.73 Å². The molecule has 1 rings (SSSR count). The minimum atomic E-state index is -0.707. The van der Waals surface area contributed by atoms with Crippen molar-refractivity contribution in [3.8, 4) is 0 Å². The first-order valence-corrected chi connectivity index (χ1v) is 5.62. The Morgan fingerprint density at radius 3 is 2.45 bits per heavy atom. The lowest BCUT2D eigenvalue weighted by molar-refractivity contribution is 0.630. The molecule has 1 aliphatic rings. The molecule has 0 aromatic rings. The van der Waals surface area contributed by atoms with Crippen LogP contribution in [0, 0.1) is 5.92 Å². The average molecular weight is 175 g/mol. The van der Waals surface area contributed by atoms with Crippen LogP contribution in [-0.2, 0) is 10.8 Å². The highest BCUT2D eigenvalue weighted by Crippen LogP contribution is 2.31. The highest BCUT2D eigenvalue weighted by Gasteiger charge is 2.29. The fraction of sp³-hybridized carbons (Fsp3) is 1.00. The molecule has 0 saturated heterocycles. The van der Waals surface area contributed by atoms with Crippen LogP contribution in [-0.4, -0.2) is 21.3 Å². The van der Waals surface area contributed by atoms with Gasteiger partial charge in [0.2, 0.25) is 0 Å². The summed E-state index contributed by atoms with van der Waals surface area (Å²) >= 11 is 0. The molecule has 0 spiro atoms. The van der Waals surface area contributed by atoms with E-state index in [2.05, 4.69) is 0 Å². The van der Waals surface area contributed by atoms with Crippen molar-refractivity contribution in [3.05, 3.63) is 0 Å². The van der Waals surface area contributed by atoms with Crippen molar-refractivity contribution in [2.75, 3.05) is 5.75 Å². The summed E-state index contributed by atoms with van der Waals surface area (Å²) in [5.41, 5.74) is 5.82. The molecule has 11 heavy (non-hydrogen) atoms. The molecule has 0 amide bonds. The summed E-state index contributed by atoms with van der Waals surface area (Å²) in [4.78, 5) is 0. The van der Waals surface area contributed by atoms with E-state index in [0.29, 0.717) is 11.7 Å². The van der Waals surface area contributed by atoms with E-state index >= 15 is 0 Å². The Morgan fingerprint density at radius 1 is 1.55 bits per heavy atom. The molecule has 1 saturated carbocycles. The summed E-state index contributed by atoms with van der Waals surface area (Å²) in [7, 11) is -0.707.